The molecule has 1 aliphatic rings. The number of nitrogens with one attached hydrogen (secondary N) is 1. The maximum Gasteiger partial charge on any atom is 0.227 e. The number of amides is 1. The molecule has 1 unspecified atom stereocenters. The Bertz CT molecular complexity index is 445. The van der Waals surface area contributed by atoms with E-state index in [1.807, 2.05) is 24.3 Å². The van der Waals surface area contributed by atoms with Crippen LogP contribution in [-0.2, 0) is 11.2 Å². The molecule has 0 fully saturated rings. The standard InChI is InChI=1S/C13H14ClNO2/c1-9(14)7-15-13(16)11-6-10-4-2-3-5-12(10)17-8-11/h2-5,11H,1,6-8H2,(H,15,16). The summed E-state index contributed by atoms with van der Waals surface area (Å²) in [5.74, 6) is 0.681. The van der Waals surface area contributed by atoms with E-state index in [1.54, 1.807) is 0 Å². The second-order valence-corrected chi connectivity index (χ2v) is 4.59. The van der Waals surface area contributed by atoms with E-state index in [-0.39, 0.29) is 11.8 Å². The SMILES string of the molecule is C=C(Cl)CNC(=O)C1COc2ccccc2C1. The predicted octanol–water partition coefficient (Wildman–Crippen LogP) is 2.11. The molecule has 1 atom stereocenters. The van der Waals surface area contributed by atoms with Crippen molar-refractivity contribution < 1.29 is 9.53 Å². The zero-order valence-corrected chi connectivity index (χ0v) is 10.2. The van der Waals surface area contributed by atoms with Gasteiger partial charge in [0.15, 0.2) is 0 Å². The van der Waals surface area contributed by atoms with Gasteiger partial charge in [0.1, 0.15) is 12.4 Å². The Morgan fingerprint density at radius 2 is 2.29 bits per heavy atom. The molecule has 0 aliphatic carbocycles. The Morgan fingerprint density at radius 3 is 3.06 bits per heavy atom. The summed E-state index contributed by atoms with van der Waals surface area (Å²) in [7, 11) is 0. The van der Waals surface area contributed by atoms with Gasteiger partial charge in [-0.1, -0.05) is 36.4 Å². The zero-order valence-electron chi connectivity index (χ0n) is 9.41. The first-order chi connectivity index (χ1) is 8.16. The number of halogens is 1. The lowest BCUT2D eigenvalue weighted by molar-refractivity contribution is -0.126. The Labute approximate surface area is 105 Å². The van der Waals surface area contributed by atoms with E-state index in [0.717, 1.165) is 11.3 Å². The van der Waals surface area contributed by atoms with E-state index < -0.39 is 0 Å². The van der Waals surface area contributed by atoms with Crippen molar-refractivity contribution in [1.82, 2.24) is 5.32 Å². The minimum absolute atomic E-state index is 0.0405. The summed E-state index contributed by atoms with van der Waals surface area (Å²) in [5, 5.41) is 3.16. The van der Waals surface area contributed by atoms with Gasteiger partial charge in [-0.2, -0.15) is 0 Å². The number of carbonyl (C=O) groups is 1. The van der Waals surface area contributed by atoms with Crippen LogP contribution in [-0.4, -0.2) is 19.1 Å². The van der Waals surface area contributed by atoms with Crippen molar-refractivity contribution in [1.29, 1.82) is 0 Å². The lowest BCUT2D eigenvalue weighted by Crippen LogP contribution is -2.37. The fraction of sp³-hybridized carbons (Fsp3) is 0.308. The first-order valence-electron chi connectivity index (χ1n) is 5.48. The number of para-hydroxylation sites is 1. The highest BCUT2D eigenvalue weighted by Crippen LogP contribution is 2.26. The average molecular weight is 252 g/mol. The van der Waals surface area contributed by atoms with Gasteiger partial charge < -0.3 is 10.1 Å². The number of rotatable bonds is 3. The molecule has 0 bridgehead atoms. The average Bonchev–Trinajstić information content (AvgIpc) is 2.35. The molecule has 90 valence electrons. The highest BCUT2D eigenvalue weighted by molar-refractivity contribution is 6.29. The van der Waals surface area contributed by atoms with Gasteiger partial charge in [-0.15, -0.1) is 0 Å². The second kappa shape index (κ2) is 5.23. The summed E-state index contributed by atoms with van der Waals surface area (Å²) in [5.41, 5.74) is 1.07. The van der Waals surface area contributed by atoms with Crippen LogP contribution < -0.4 is 10.1 Å². The first-order valence-corrected chi connectivity index (χ1v) is 5.86. The molecule has 17 heavy (non-hydrogen) atoms. The van der Waals surface area contributed by atoms with Crippen molar-refractivity contribution in [2.45, 2.75) is 6.42 Å². The van der Waals surface area contributed by atoms with E-state index in [9.17, 15) is 4.79 Å². The summed E-state index contributed by atoms with van der Waals surface area (Å²) in [6.07, 6.45) is 0.705. The van der Waals surface area contributed by atoms with Crippen LogP contribution in [0.3, 0.4) is 0 Å². The molecule has 1 aromatic rings. The van der Waals surface area contributed by atoms with E-state index in [2.05, 4.69) is 11.9 Å². The number of fused-ring (bicyclic) bond motifs is 1. The molecule has 1 amide bonds. The quantitative estimate of drug-likeness (QED) is 0.894. The number of benzene rings is 1. The smallest absolute Gasteiger partial charge is 0.227 e. The summed E-state index contributed by atoms with van der Waals surface area (Å²) in [4.78, 5) is 11.8. The maximum absolute atomic E-state index is 11.8. The third-order valence-corrected chi connectivity index (χ3v) is 2.84. The van der Waals surface area contributed by atoms with Crippen LogP contribution in [0.5, 0.6) is 5.75 Å². The second-order valence-electron chi connectivity index (χ2n) is 4.05. The largest absolute Gasteiger partial charge is 0.492 e. The van der Waals surface area contributed by atoms with Crippen LogP contribution in [0.25, 0.3) is 0 Å². The van der Waals surface area contributed by atoms with Gasteiger partial charge in [-0.25, -0.2) is 0 Å². The van der Waals surface area contributed by atoms with Crippen molar-refractivity contribution in [3.05, 3.63) is 41.4 Å². The minimum atomic E-state index is -0.152. The molecule has 4 heteroatoms. The molecule has 2 rings (SSSR count). The number of hydrogen-bond acceptors (Lipinski definition) is 2. The summed E-state index contributed by atoms with van der Waals surface area (Å²) < 4.78 is 5.55. The van der Waals surface area contributed by atoms with E-state index >= 15 is 0 Å². The molecule has 3 nitrogen and oxygen atoms in total. The molecular weight excluding hydrogens is 238 g/mol. The predicted molar refractivity (Wildman–Crippen MR) is 67.1 cm³/mol. The number of ether oxygens (including phenoxy) is 1. The van der Waals surface area contributed by atoms with Gasteiger partial charge in [0.25, 0.3) is 0 Å². The van der Waals surface area contributed by atoms with Gasteiger partial charge in [-0.05, 0) is 18.1 Å². The van der Waals surface area contributed by atoms with E-state index in [0.29, 0.717) is 24.6 Å². The van der Waals surface area contributed by atoms with Crippen LogP contribution >= 0.6 is 11.6 Å². The fourth-order valence-corrected chi connectivity index (χ4v) is 1.89. The van der Waals surface area contributed by atoms with Crippen molar-refractivity contribution in [2.75, 3.05) is 13.2 Å². The maximum atomic E-state index is 11.8. The molecule has 0 radical (unpaired) electrons. The third kappa shape index (κ3) is 3.01. The van der Waals surface area contributed by atoms with E-state index in [4.69, 9.17) is 16.3 Å². The molecule has 1 N–H and O–H groups in total. The highest BCUT2D eigenvalue weighted by atomic mass is 35.5. The molecule has 0 spiro atoms. The molecule has 1 aliphatic heterocycles. The van der Waals surface area contributed by atoms with Crippen molar-refractivity contribution in [3.8, 4) is 5.75 Å². The topological polar surface area (TPSA) is 38.3 Å². The molecule has 0 aromatic heterocycles. The van der Waals surface area contributed by atoms with Crippen molar-refractivity contribution in [3.63, 3.8) is 0 Å². The van der Waals surface area contributed by atoms with E-state index in [1.165, 1.54) is 0 Å². The van der Waals surface area contributed by atoms with Gasteiger partial charge in [-0.3, -0.25) is 4.79 Å². The van der Waals surface area contributed by atoms with Crippen LogP contribution in [0, 0.1) is 5.92 Å². The van der Waals surface area contributed by atoms with Crippen LogP contribution in [0.4, 0.5) is 0 Å². The van der Waals surface area contributed by atoms with Gasteiger partial charge in [0, 0.05) is 5.03 Å². The summed E-state index contributed by atoms with van der Waals surface area (Å²) in [6, 6.07) is 7.78. The Morgan fingerprint density at radius 1 is 1.53 bits per heavy atom. The monoisotopic (exact) mass is 251 g/mol. The Balaban J connectivity index is 1.97. The minimum Gasteiger partial charge on any atom is -0.492 e. The normalized spacial score (nSPS) is 17.8. The van der Waals surface area contributed by atoms with Gasteiger partial charge >= 0.3 is 0 Å². The van der Waals surface area contributed by atoms with Crippen LogP contribution in [0.15, 0.2) is 35.9 Å². The lowest BCUT2D eigenvalue weighted by atomic mass is 9.96. The van der Waals surface area contributed by atoms with Crippen LogP contribution in [0.2, 0.25) is 0 Å². The number of carbonyl (C=O) groups excluding carboxylic acids is 1. The van der Waals surface area contributed by atoms with Crippen molar-refractivity contribution in [2.24, 2.45) is 5.92 Å². The summed E-state index contributed by atoms with van der Waals surface area (Å²) >= 11 is 5.60. The van der Waals surface area contributed by atoms with Crippen molar-refractivity contribution >= 4 is 17.5 Å². The van der Waals surface area contributed by atoms with Crippen LogP contribution in [0.1, 0.15) is 5.56 Å². The van der Waals surface area contributed by atoms with Gasteiger partial charge in [0.05, 0.1) is 12.5 Å². The third-order valence-electron chi connectivity index (χ3n) is 2.70. The summed E-state index contributed by atoms with van der Waals surface area (Å²) in [6.45, 7) is 4.25. The molecular formula is C13H14ClNO2. The first kappa shape index (κ1) is 12.0. The highest BCUT2D eigenvalue weighted by Gasteiger charge is 2.25. The molecule has 1 heterocycles. The lowest BCUT2D eigenvalue weighted by Gasteiger charge is -2.24. The Hall–Kier alpha value is -1.48. The molecule has 0 saturated carbocycles. The molecule has 1 aromatic carbocycles. The zero-order chi connectivity index (χ0) is 12.3. The number of hydrogen-bond donors (Lipinski definition) is 1. The van der Waals surface area contributed by atoms with Gasteiger partial charge in [0.2, 0.25) is 5.91 Å². The Kier molecular flexibility index (Phi) is 3.69. The molecule has 0 saturated heterocycles. The fourth-order valence-electron chi connectivity index (χ4n) is 1.82.